The highest BCUT2D eigenvalue weighted by atomic mass is 35.5. The van der Waals surface area contributed by atoms with E-state index in [1.807, 2.05) is 24.3 Å². The second kappa shape index (κ2) is 12.9. The highest BCUT2D eigenvalue weighted by Gasteiger charge is 2.19. The molecule has 0 radical (unpaired) electrons. The Morgan fingerprint density at radius 1 is 0.865 bits per heavy atom. The second-order valence-electron chi connectivity index (χ2n) is 8.96. The minimum Gasteiger partial charge on any atom is -0.483 e. The summed E-state index contributed by atoms with van der Waals surface area (Å²) in [5, 5.41) is 5.18. The van der Waals surface area contributed by atoms with Crippen molar-refractivity contribution in [3.05, 3.63) is 84.8 Å². The van der Waals surface area contributed by atoms with Crippen LogP contribution in [0.5, 0.6) is 5.75 Å². The zero-order valence-corrected chi connectivity index (χ0v) is 23.9. The summed E-state index contributed by atoms with van der Waals surface area (Å²) in [6, 6.07) is 14.3. The molecule has 1 aliphatic heterocycles. The Bertz CT molecular complexity index is 1260. The molecule has 1 saturated heterocycles. The van der Waals surface area contributed by atoms with E-state index in [1.54, 1.807) is 24.3 Å². The van der Waals surface area contributed by atoms with E-state index >= 15 is 0 Å². The minimum atomic E-state index is -0.246. The van der Waals surface area contributed by atoms with Gasteiger partial charge in [-0.3, -0.25) is 9.69 Å². The van der Waals surface area contributed by atoms with Gasteiger partial charge in [-0.1, -0.05) is 70.1 Å². The van der Waals surface area contributed by atoms with E-state index in [4.69, 9.17) is 62.7 Å². The SMILES string of the molecule is CN1CCN(Cc2cc(-c3c(Cl)cc(Cl)cc3Cl)ccc2OCC(=O)NCc2ccc(Cl)c(Cl)c2)CC1. The summed E-state index contributed by atoms with van der Waals surface area (Å²) < 4.78 is 5.98. The van der Waals surface area contributed by atoms with Crippen molar-refractivity contribution in [1.29, 1.82) is 0 Å². The van der Waals surface area contributed by atoms with Crippen LogP contribution in [0.4, 0.5) is 0 Å². The summed E-state index contributed by atoms with van der Waals surface area (Å²) in [4.78, 5) is 17.2. The standard InChI is InChI=1S/C27H26Cl5N3O2/c1-34-6-8-35(9-7-34)15-19-11-18(27-23(31)12-20(28)13-24(27)32)3-5-25(19)37-16-26(36)33-14-17-2-4-21(29)22(30)10-17/h2-5,10-13H,6-9,14-16H2,1H3,(H,33,36). The van der Waals surface area contributed by atoms with Gasteiger partial charge in [-0.05, 0) is 54.6 Å². The molecule has 5 nitrogen and oxygen atoms in total. The molecule has 10 heteroatoms. The number of ether oxygens (including phenoxy) is 1. The van der Waals surface area contributed by atoms with Gasteiger partial charge in [0.15, 0.2) is 6.61 Å². The van der Waals surface area contributed by atoms with E-state index in [2.05, 4.69) is 22.2 Å². The van der Waals surface area contributed by atoms with E-state index in [9.17, 15) is 4.79 Å². The van der Waals surface area contributed by atoms with E-state index in [0.29, 0.717) is 49.5 Å². The topological polar surface area (TPSA) is 44.8 Å². The molecule has 0 atom stereocenters. The van der Waals surface area contributed by atoms with E-state index in [-0.39, 0.29) is 12.5 Å². The van der Waals surface area contributed by atoms with Gasteiger partial charge in [-0.15, -0.1) is 0 Å². The molecule has 0 spiro atoms. The first kappa shape index (κ1) is 28.3. The van der Waals surface area contributed by atoms with Gasteiger partial charge in [0.2, 0.25) is 0 Å². The molecule has 0 bridgehead atoms. The lowest BCUT2D eigenvalue weighted by molar-refractivity contribution is -0.123. The Morgan fingerprint density at radius 3 is 2.24 bits per heavy atom. The normalized spacial score (nSPS) is 14.5. The molecule has 1 heterocycles. The molecule has 0 aliphatic carbocycles. The third kappa shape index (κ3) is 7.67. The molecule has 1 fully saturated rings. The van der Waals surface area contributed by atoms with Crippen LogP contribution in [0.3, 0.4) is 0 Å². The highest BCUT2D eigenvalue weighted by molar-refractivity contribution is 6.42. The van der Waals surface area contributed by atoms with Crippen molar-refractivity contribution in [2.24, 2.45) is 0 Å². The molecular weight excluding hydrogens is 576 g/mol. The summed E-state index contributed by atoms with van der Waals surface area (Å²) >= 11 is 31.1. The zero-order valence-electron chi connectivity index (χ0n) is 20.2. The number of halogens is 5. The predicted octanol–water partition coefficient (Wildman–Crippen LogP) is 7.06. The van der Waals surface area contributed by atoms with Crippen LogP contribution >= 0.6 is 58.0 Å². The van der Waals surface area contributed by atoms with Crippen LogP contribution in [-0.2, 0) is 17.9 Å². The molecule has 0 aromatic heterocycles. The number of benzene rings is 3. The summed E-state index contributed by atoms with van der Waals surface area (Å²) in [5.41, 5.74) is 3.35. The lowest BCUT2D eigenvalue weighted by Gasteiger charge is -2.32. The van der Waals surface area contributed by atoms with Gasteiger partial charge in [0.05, 0.1) is 20.1 Å². The lowest BCUT2D eigenvalue weighted by Crippen LogP contribution is -2.43. The largest absolute Gasteiger partial charge is 0.483 e. The van der Waals surface area contributed by atoms with Gasteiger partial charge >= 0.3 is 0 Å². The van der Waals surface area contributed by atoms with Gasteiger partial charge in [-0.2, -0.15) is 0 Å². The number of carbonyl (C=O) groups is 1. The molecule has 1 N–H and O–H groups in total. The van der Waals surface area contributed by atoms with Crippen LogP contribution in [0.2, 0.25) is 25.1 Å². The van der Waals surface area contributed by atoms with Crippen molar-refractivity contribution in [2.45, 2.75) is 13.1 Å². The fraction of sp³-hybridized carbons (Fsp3) is 0.296. The van der Waals surface area contributed by atoms with Gasteiger partial charge < -0.3 is 15.0 Å². The minimum absolute atomic E-state index is 0.126. The number of hydrogen-bond acceptors (Lipinski definition) is 4. The van der Waals surface area contributed by atoms with Crippen LogP contribution in [0.15, 0.2) is 48.5 Å². The highest BCUT2D eigenvalue weighted by Crippen LogP contribution is 2.39. The first-order valence-electron chi connectivity index (χ1n) is 11.7. The number of rotatable bonds is 8. The summed E-state index contributed by atoms with van der Waals surface area (Å²) in [6.07, 6.45) is 0. The van der Waals surface area contributed by atoms with Gasteiger partial charge in [-0.25, -0.2) is 0 Å². The molecule has 37 heavy (non-hydrogen) atoms. The van der Waals surface area contributed by atoms with Crippen LogP contribution in [-0.4, -0.2) is 55.5 Å². The zero-order chi connectivity index (χ0) is 26.5. The fourth-order valence-electron chi connectivity index (χ4n) is 4.11. The smallest absolute Gasteiger partial charge is 0.258 e. The number of nitrogens with one attached hydrogen (secondary N) is 1. The number of hydrogen-bond donors (Lipinski definition) is 1. The van der Waals surface area contributed by atoms with E-state index in [0.717, 1.165) is 42.9 Å². The molecular formula is C27H26Cl5N3O2. The van der Waals surface area contributed by atoms with Gasteiger partial charge in [0, 0.05) is 55.4 Å². The third-order valence-electron chi connectivity index (χ3n) is 6.18. The lowest BCUT2D eigenvalue weighted by atomic mass is 10.0. The molecule has 0 unspecified atom stereocenters. The summed E-state index contributed by atoms with van der Waals surface area (Å²) in [5.74, 6) is 0.387. The van der Waals surface area contributed by atoms with Crippen molar-refractivity contribution in [3.8, 4) is 16.9 Å². The number of amides is 1. The molecule has 196 valence electrons. The summed E-state index contributed by atoms with van der Waals surface area (Å²) in [6.45, 7) is 4.71. The first-order chi connectivity index (χ1) is 17.7. The number of nitrogens with zero attached hydrogens (tertiary/aromatic N) is 2. The molecule has 3 aromatic rings. The Balaban J connectivity index is 1.50. The average Bonchev–Trinajstić information content (AvgIpc) is 2.85. The maximum Gasteiger partial charge on any atom is 0.258 e. The quantitative estimate of drug-likeness (QED) is 0.300. The number of likely N-dealkylation sites (N-methyl/N-ethyl adjacent to an activating group) is 1. The maximum atomic E-state index is 12.5. The molecule has 1 aliphatic rings. The fourth-order valence-corrected chi connectivity index (χ4v) is 5.46. The van der Waals surface area contributed by atoms with Crippen molar-refractivity contribution >= 4 is 63.9 Å². The van der Waals surface area contributed by atoms with Crippen LogP contribution in [0, 0.1) is 0 Å². The average molecular weight is 602 g/mol. The second-order valence-corrected chi connectivity index (χ2v) is 11.0. The van der Waals surface area contributed by atoms with Gasteiger partial charge in [0.1, 0.15) is 5.75 Å². The van der Waals surface area contributed by atoms with E-state index < -0.39 is 0 Å². The third-order valence-corrected chi connectivity index (χ3v) is 7.73. The Hall–Kier alpha value is -1.70. The van der Waals surface area contributed by atoms with Crippen molar-refractivity contribution < 1.29 is 9.53 Å². The molecule has 4 rings (SSSR count). The van der Waals surface area contributed by atoms with Crippen LogP contribution < -0.4 is 10.1 Å². The molecule has 1 amide bonds. The Morgan fingerprint density at radius 2 is 1.57 bits per heavy atom. The summed E-state index contributed by atoms with van der Waals surface area (Å²) in [7, 11) is 2.12. The van der Waals surface area contributed by atoms with Crippen LogP contribution in [0.1, 0.15) is 11.1 Å². The Kier molecular flexibility index (Phi) is 9.87. The maximum absolute atomic E-state index is 12.5. The van der Waals surface area contributed by atoms with Crippen molar-refractivity contribution in [3.63, 3.8) is 0 Å². The van der Waals surface area contributed by atoms with Crippen LogP contribution in [0.25, 0.3) is 11.1 Å². The van der Waals surface area contributed by atoms with Crippen molar-refractivity contribution in [2.75, 3.05) is 39.8 Å². The predicted molar refractivity (Wildman–Crippen MR) is 153 cm³/mol. The Labute approximate surface area is 242 Å². The molecule has 3 aromatic carbocycles. The van der Waals surface area contributed by atoms with Crippen molar-refractivity contribution in [1.82, 2.24) is 15.1 Å². The van der Waals surface area contributed by atoms with Gasteiger partial charge in [0.25, 0.3) is 5.91 Å². The molecule has 0 saturated carbocycles. The van der Waals surface area contributed by atoms with E-state index in [1.165, 1.54) is 0 Å². The number of carbonyl (C=O) groups excluding carboxylic acids is 1. The first-order valence-corrected chi connectivity index (χ1v) is 13.6. The monoisotopic (exact) mass is 599 g/mol. The number of piperazine rings is 1.